The Labute approximate surface area is 140 Å². The number of rotatable bonds is 3. The van der Waals surface area contributed by atoms with Crippen LogP contribution in [0.5, 0.6) is 5.75 Å². The molecule has 0 aliphatic heterocycles. The molecule has 0 atom stereocenters. The highest BCUT2D eigenvalue weighted by molar-refractivity contribution is 6.38. The Kier molecular flexibility index (Phi) is 4.18. The second-order valence-corrected chi connectivity index (χ2v) is 5.44. The molecule has 0 bridgehead atoms. The van der Waals surface area contributed by atoms with E-state index in [9.17, 15) is 9.90 Å². The average molecular weight is 349 g/mol. The fraction of sp³-hybridized carbons (Fsp3) is 0. The second-order valence-electron chi connectivity index (χ2n) is 4.62. The smallest absolute Gasteiger partial charge is 0.292 e. The minimum atomic E-state index is -0.449. The van der Waals surface area contributed by atoms with E-state index < -0.39 is 5.56 Å². The topological polar surface area (TPSA) is 93.6 Å². The van der Waals surface area contributed by atoms with E-state index in [0.717, 1.165) is 0 Å². The fourth-order valence-corrected chi connectivity index (χ4v) is 2.47. The Balaban J connectivity index is 2.06. The monoisotopic (exact) mass is 348 g/mol. The second kappa shape index (κ2) is 6.28. The van der Waals surface area contributed by atoms with Crippen LogP contribution in [-0.2, 0) is 0 Å². The van der Waals surface area contributed by atoms with Crippen molar-refractivity contribution in [2.45, 2.75) is 0 Å². The van der Waals surface area contributed by atoms with E-state index in [4.69, 9.17) is 23.2 Å². The molecule has 0 saturated heterocycles. The van der Waals surface area contributed by atoms with Gasteiger partial charge in [-0.3, -0.25) is 15.0 Å². The lowest BCUT2D eigenvalue weighted by Crippen LogP contribution is -1.96. The van der Waals surface area contributed by atoms with E-state index >= 15 is 0 Å². The van der Waals surface area contributed by atoms with Crippen molar-refractivity contribution in [3.8, 4) is 17.0 Å². The summed E-state index contributed by atoms with van der Waals surface area (Å²) in [5.41, 5.74) is 0.875. The number of halogens is 2. The quantitative estimate of drug-likeness (QED) is 0.593. The fourth-order valence-electron chi connectivity index (χ4n) is 2.00. The number of azo groups is 1. The van der Waals surface area contributed by atoms with Crippen molar-refractivity contribution in [3.63, 3.8) is 0 Å². The number of nitrogens with one attached hydrogen (secondary N) is 2. The first-order chi connectivity index (χ1) is 11.1. The van der Waals surface area contributed by atoms with Gasteiger partial charge in [0.2, 0.25) is 0 Å². The predicted octanol–water partition coefficient (Wildman–Crippen LogP) is 4.80. The SMILES string of the molecule is O=c1[nH][nH]c(-c2cccc(O)c2)c1N=Nc1c(Cl)cccc1Cl. The van der Waals surface area contributed by atoms with E-state index in [-0.39, 0.29) is 17.1 Å². The molecule has 2 aromatic carbocycles. The van der Waals surface area contributed by atoms with Crippen molar-refractivity contribution in [1.82, 2.24) is 10.2 Å². The third kappa shape index (κ3) is 3.13. The maximum atomic E-state index is 11.9. The first-order valence-electron chi connectivity index (χ1n) is 6.52. The van der Waals surface area contributed by atoms with Crippen molar-refractivity contribution in [2.24, 2.45) is 10.2 Å². The number of aromatic amines is 2. The molecule has 0 spiro atoms. The zero-order valence-electron chi connectivity index (χ0n) is 11.5. The molecule has 3 N–H and O–H groups in total. The number of phenols is 1. The number of aromatic nitrogens is 2. The molecule has 3 aromatic rings. The number of phenolic OH excluding ortho intramolecular Hbond substituents is 1. The molecule has 6 nitrogen and oxygen atoms in total. The molecule has 116 valence electrons. The minimum Gasteiger partial charge on any atom is -0.508 e. The van der Waals surface area contributed by atoms with Crippen LogP contribution in [0.25, 0.3) is 11.3 Å². The average Bonchev–Trinajstić information content (AvgIpc) is 2.88. The molecule has 1 aromatic heterocycles. The first kappa shape index (κ1) is 15.3. The summed E-state index contributed by atoms with van der Waals surface area (Å²) >= 11 is 12.0. The minimum absolute atomic E-state index is 0.0617. The lowest BCUT2D eigenvalue weighted by molar-refractivity contribution is 0.475. The molecule has 0 aliphatic rings. The van der Waals surface area contributed by atoms with Gasteiger partial charge in [-0.25, -0.2) is 0 Å². The van der Waals surface area contributed by atoms with E-state index in [0.29, 0.717) is 21.3 Å². The van der Waals surface area contributed by atoms with Gasteiger partial charge in [-0.2, -0.15) is 0 Å². The molecule has 0 saturated carbocycles. The van der Waals surface area contributed by atoms with Gasteiger partial charge in [-0.15, -0.1) is 10.2 Å². The lowest BCUT2D eigenvalue weighted by Gasteiger charge is -2.01. The summed E-state index contributed by atoms with van der Waals surface area (Å²) in [7, 11) is 0. The highest BCUT2D eigenvalue weighted by atomic mass is 35.5. The van der Waals surface area contributed by atoms with E-state index in [1.165, 1.54) is 12.1 Å². The molecule has 1 heterocycles. The summed E-state index contributed by atoms with van der Waals surface area (Å²) in [6, 6.07) is 11.3. The summed E-state index contributed by atoms with van der Waals surface area (Å²) in [5.74, 6) is 0.0709. The van der Waals surface area contributed by atoms with Crippen molar-refractivity contribution in [3.05, 3.63) is 62.9 Å². The Morgan fingerprint density at radius 3 is 2.26 bits per heavy atom. The van der Waals surface area contributed by atoms with Crippen LogP contribution in [0.3, 0.4) is 0 Å². The molecule has 0 amide bonds. The van der Waals surface area contributed by atoms with Crippen LogP contribution in [0, 0.1) is 0 Å². The summed E-state index contributed by atoms with van der Waals surface area (Å²) in [6.45, 7) is 0. The van der Waals surface area contributed by atoms with Crippen LogP contribution in [0.1, 0.15) is 0 Å². The normalized spacial score (nSPS) is 11.2. The Morgan fingerprint density at radius 2 is 1.57 bits per heavy atom. The highest BCUT2D eigenvalue weighted by Gasteiger charge is 2.13. The third-order valence-corrected chi connectivity index (χ3v) is 3.69. The zero-order valence-corrected chi connectivity index (χ0v) is 13.1. The standard InChI is InChI=1S/C15H10Cl2N4O2/c16-10-5-2-6-11(17)13(10)19-20-14-12(18-21-15(14)23)8-3-1-4-9(22)7-8/h1-7,22H,(H2,18,21,23). The number of hydrogen-bond acceptors (Lipinski definition) is 4. The molecule has 8 heteroatoms. The lowest BCUT2D eigenvalue weighted by atomic mass is 10.1. The number of benzene rings is 2. The molecular weight excluding hydrogens is 339 g/mol. The van der Waals surface area contributed by atoms with E-state index in [2.05, 4.69) is 20.4 Å². The van der Waals surface area contributed by atoms with E-state index in [1.807, 2.05) is 0 Å². The van der Waals surface area contributed by atoms with Gasteiger partial charge in [-0.05, 0) is 24.3 Å². The summed E-state index contributed by atoms with van der Waals surface area (Å²) in [5, 5.41) is 23.3. The molecule has 0 unspecified atom stereocenters. The van der Waals surface area contributed by atoms with Crippen molar-refractivity contribution in [1.29, 1.82) is 0 Å². The zero-order chi connectivity index (χ0) is 16.4. The van der Waals surface area contributed by atoms with E-state index in [1.54, 1.807) is 30.3 Å². The highest BCUT2D eigenvalue weighted by Crippen LogP contribution is 2.35. The van der Waals surface area contributed by atoms with Crippen molar-refractivity contribution >= 4 is 34.6 Å². The van der Waals surface area contributed by atoms with Crippen molar-refractivity contribution < 1.29 is 5.11 Å². The van der Waals surface area contributed by atoms with Gasteiger partial charge in [0.25, 0.3) is 5.56 Å². The van der Waals surface area contributed by atoms with Crippen LogP contribution in [0.4, 0.5) is 11.4 Å². The molecule has 0 aliphatic carbocycles. The Morgan fingerprint density at radius 1 is 0.913 bits per heavy atom. The van der Waals surface area contributed by atoms with Crippen LogP contribution in [0.2, 0.25) is 10.0 Å². The number of nitrogens with zero attached hydrogens (tertiary/aromatic N) is 2. The van der Waals surface area contributed by atoms with Gasteiger partial charge in [0.1, 0.15) is 11.4 Å². The molecule has 3 rings (SSSR count). The van der Waals surface area contributed by atoms with Gasteiger partial charge in [-0.1, -0.05) is 41.4 Å². The Hall–Kier alpha value is -2.57. The Bertz CT molecular complexity index is 926. The van der Waals surface area contributed by atoms with Gasteiger partial charge in [0.15, 0.2) is 5.69 Å². The molecular formula is C15H10Cl2N4O2. The summed E-state index contributed by atoms with van der Waals surface area (Å²) in [4.78, 5) is 11.9. The number of H-pyrrole nitrogens is 2. The van der Waals surface area contributed by atoms with Gasteiger partial charge >= 0.3 is 0 Å². The first-order valence-corrected chi connectivity index (χ1v) is 7.27. The third-order valence-electron chi connectivity index (χ3n) is 3.08. The summed E-state index contributed by atoms with van der Waals surface area (Å²) < 4.78 is 0. The van der Waals surface area contributed by atoms with Gasteiger partial charge < -0.3 is 5.11 Å². The van der Waals surface area contributed by atoms with Crippen LogP contribution in [-0.4, -0.2) is 15.3 Å². The molecule has 0 radical (unpaired) electrons. The number of aromatic hydroxyl groups is 1. The maximum absolute atomic E-state index is 11.9. The summed E-state index contributed by atoms with van der Waals surface area (Å²) in [6.07, 6.45) is 0. The largest absolute Gasteiger partial charge is 0.508 e. The number of hydrogen-bond donors (Lipinski definition) is 3. The van der Waals surface area contributed by atoms with Gasteiger partial charge in [0.05, 0.1) is 15.7 Å². The predicted molar refractivity (Wildman–Crippen MR) is 89.2 cm³/mol. The molecule has 23 heavy (non-hydrogen) atoms. The maximum Gasteiger partial charge on any atom is 0.292 e. The van der Waals surface area contributed by atoms with Crippen molar-refractivity contribution in [2.75, 3.05) is 0 Å². The van der Waals surface area contributed by atoms with Crippen LogP contribution < -0.4 is 5.56 Å². The van der Waals surface area contributed by atoms with Gasteiger partial charge in [0, 0.05) is 5.56 Å². The molecule has 0 fully saturated rings. The van der Waals surface area contributed by atoms with Crippen LogP contribution >= 0.6 is 23.2 Å². The van der Waals surface area contributed by atoms with Crippen LogP contribution in [0.15, 0.2) is 57.5 Å².